The zero-order valence-corrected chi connectivity index (χ0v) is 11.7. The fourth-order valence-electron chi connectivity index (χ4n) is 2.49. The number of rotatable bonds is 4. The molecule has 0 aromatic heterocycles. The molecule has 1 unspecified atom stereocenters. The van der Waals surface area contributed by atoms with Gasteiger partial charge in [-0.1, -0.05) is 12.1 Å². The lowest BCUT2D eigenvalue weighted by molar-refractivity contribution is -0.117. The SMILES string of the molecule is CNC(=O)c1ccccc1NC(=O)CC1CCCNC1. The summed E-state index contributed by atoms with van der Waals surface area (Å²) in [7, 11) is 1.58. The molecule has 108 valence electrons. The molecule has 0 saturated carbocycles. The van der Waals surface area contributed by atoms with Crippen molar-refractivity contribution in [2.75, 3.05) is 25.5 Å². The highest BCUT2D eigenvalue weighted by atomic mass is 16.2. The Morgan fingerprint density at radius 3 is 2.85 bits per heavy atom. The van der Waals surface area contributed by atoms with E-state index in [1.807, 2.05) is 6.07 Å². The molecule has 1 atom stereocenters. The Morgan fingerprint density at radius 1 is 1.35 bits per heavy atom. The van der Waals surface area contributed by atoms with Crippen molar-refractivity contribution in [3.05, 3.63) is 29.8 Å². The largest absolute Gasteiger partial charge is 0.355 e. The average molecular weight is 275 g/mol. The van der Waals surface area contributed by atoms with E-state index < -0.39 is 0 Å². The summed E-state index contributed by atoms with van der Waals surface area (Å²) in [5.41, 5.74) is 1.06. The first-order valence-corrected chi connectivity index (χ1v) is 7.02. The van der Waals surface area contributed by atoms with E-state index >= 15 is 0 Å². The van der Waals surface area contributed by atoms with Crippen molar-refractivity contribution in [2.24, 2.45) is 5.92 Å². The van der Waals surface area contributed by atoms with Gasteiger partial charge in [0.05, 0.1) is 11.3 Å². The minimum absolute atomic E-state index is 0.0324. The van der Waals surface area contributed by atoms with Gasteiger partial charge in [0.25, 0.3) is 5.91 Å². The maximum absolute atomic E-state index is 12.1. The second-order valence-electron chi connectivity index (χ2n) is 5.09. The van der Waals surface area contributed by atoms with Crippen LogP contribution in [0.25, 0.3) is 0 Å². The Bertz CT molecular complexity index is 482. The second kappa shape index (κ2) is 7.05. The molecule has 20 heavy (non-hydrogen) atoms. The lowest BCUT2D eigenvalue weighted by Crippen LogP contribution is -2.32. The summed E-state index contributed by atoms with van der Waals surface area (Å²) in [6.45, 7) is 1.93. The highest BCUT2D eigenvalue weighted by molar-refractivity contribution is 6.03. The Morgan fingerprint density at radius 2 is 2.15 bits per heavy atom. The summed E-state index contributed by atoms with van der Waals surface area (Å²) in [5.74, 6) is 0.159. The molecule has 2 rings (SSSR count). The second-order valence-corrected chi connectivity index (χ2v) is 5.09. The third kappa shape index (κ3) is 3.81. The zero-order chi connectivity index (χ0) is 14.4. The number of carbonyl (C=O) groups is 2. The minimum Gasteiger partial charge on any atom is -0.355 e. The highest BCUT2D eigenvalue weighted by Gasteiger charge is 2.18. The van der Waals surface area contributed by atoms with Gasteiger partial charge in [-0.2, -0.15) is 0 Å². The maximum Gasteiger partial charge on any atom is 0.253 e. The highest BCUT2D eigenvalue weighted by Crippen LogP contribution is 2.18. The molecule has 1 fully saturated rings. The first-order valence-electron chi connectivity index (χ1n) is 7.02. The van der Waals surface area contributed by atoms with Gasteiger partial charge in [0.15, 0.2) is 0 Å². The van der Waals surface area contributed by atoms with E-state index in [2.05, 4.69) is 16.0 Å². The number of piperidine rings is 1. The number of anilines is 1. The Labute approximate surface area is 119 Å². The molecule has 1 aliphatic heterocycles. The third-order valence-electron chi connectivity index (χ3n) is 3.55. The summed E-state index contributed by atoms with van der Waals surface area (Å²) in [4.78, 5) is 23.8. The van der Waals surface area contributed by atoms with Crippen molar-refractivity contribution in [3.63, 3.8) is 0 Å². The molecule has 2 amide bonds. The Balaban J connectivity index is 1.98. The molecule has 1 aromatic carbocycles. The minimum atomic E-state index is -0.194. The first kappa shape index (κ1) is 14.5. The molecule has 5 nitrogen and oxygen atoms in total. The summed E-state index contributed by atoms with van der Waals surface area (Å²) in [5, 5.41) is 8.72. The molecule has 5 heteroatoms. The van der Waals surface area contributed by atoms with Crippen LogP contribution in [0.4, 0.5) is 5.69 Å². The standard InChI is InChI=1S/C15H21N3O2/c1-16-15(20)12-6-2-3-7-13(12)18-14(19)9-11-5-4-8-17-10-11/h2-3,6-7,11,17H,4-5,8-10H2,1H3,(H,16,20)(H,18,19). The number of nitrogens with one attached hydrogen (secondary N) is 3. The van der Waals surface area contributed by atoms with Crippen molar-refractivity contribution in [2.45, 2.75) is 19.3 Å². The summed E-state index contributed by atoms with van der Waals surface area (Å²) >= 11 is 0. The van der Waals surface area contributed by atoms with Gasteiger partial charge in [-0.25, -0.2) is 0 Å². The van der Waals surface area contributed by atoms with Gasteiger partial charge < -0.3 is 16.0 Å². The van der Waals surface area contributed by atoms with Gasteiger partial charge in [0.2, 0.25) is 5.91 Å². The van der Waals surface area contributed by atoms with Gasteiger partial charge in [-0.3, -0.25) is 9.59 Å². The van der Waals surface area contributed by atoms with Gasteiger partial charge in [0.1, 0.15) is 0 Å². The van der Waals surface area contributed by atoms with E-state index in [9.17, 15) is 9.59 Å². The molecule has 3 N–H and O–H groups in total. The van der Waals surface area contributed by atoms with E-state index in [4.69, 9.17) is 0 Å². The van der Waals surface area contributed by atoms with Crippen LogP contribution in [-0.2, 0) is 4.79 Å². The number of amides is 2. The number of hydrogen-bond donors (Lipinski definition) is 3. The molecule has 1 aliphatic rings. The molecule has 1 saturated heterocycles. The van der Waals surface area contributed by atoms with E-state index in [-0.39, 0.29) is 11.8 Å². The molecule has 0 aliphatic carbocycles. The summed E-state index contributed by atoms with van der Waals surface area (Å²) in [6.07, 6.45) is 2.69. The normalized spacial score (nSPS) is 18.4. The smallest absolute Gasteiger partial charge is 0.253 e. The lowest BCUT2D eigenvalue weighted by Gasteiger charge is -2.22. The van der Waals surface area contributed by atoms with E-state index in [1.165, 1.54) is 0 Å². The van der Waals surface area contributed by atoms with Crippen molar-refractivity contribution in [1.82, 2.24) is 10.6 Å². The van der Waals surface area contributed by atoms with E-state index in [0.717, 1.165) is 25.9 Å². The van der Waals surface area contributed by atoms with Gasteiger partial charge in [-0.15, -0.1) is 0 Å². The van der Waals surface area contributed by atoms with Crippen LogP contribution >= 0.6 is 0 Å². The predicted molar refractivity (Wildman–Crippen MR) is 78.7 cm³/mol. The first-order chi connectivity index (χ1) is 9.70. The van der Waals surface area contributed by atoms with Crippen molar-refractivity contribution >= 4 is 17.5 Å². The van der Waals surface area contributed by atoms with E-state index in [0.29, 0.717) is 23.6 Å². The van der Waals surface area contributed by atoms with Crippen LogP contribution < -0.4 is 16.0 Å². The van der Waals surface area contributed by atoms with Crippen molar-refractivity contribution < 1.29 is 9.59 Å². The molecular weight excluding hydrogens is 254 g/mol. The monoisotopic (exact) mass is 275 g/mol. The van der Waals surface area contributed by atoms with Crippen molar-refractivity contribution in [3.8, 4) is 0 Å². The topological polar surface area (TPSA) is 70.2 Å². The third-order valence-corrected chi connectivity index (χ3v) is 3.55. The van der Waals surface area contributed by atoms with Gasteiger partial charge in [0, 0.05) is 13.5 Å². The van der Waals surface area contributed by atoms with Gasteiger partial charge in [-0.05, 0) is 44.0 Å². The fourth-order valence-corrected chi connectivity index (χ4v) is 2.49. The molecule has 0 spiro atoms. The van der Waals surface area contributed by atoms with Crippen molar-refractivity contribution in [1.29, 1.82) is 0 Å². The molecule has 0 bridgehead atoms. The quantitative estimate of drug-likeness (QED) is 0.777. The van der Waals surface area contributed by atoms with Gasteiger partial charge >= 0.3 is 0 Å². The Kier molecular flexibility index (Phi) is 5.12. The molecule has 1 aromatic rings. The van der Waals surface area contributed by atoms with Crippen LogP contribution in [0.5, 0.6) is 0 Å². The van der Waals surface area contributed by atoms with Crippen LogP contribution in [-0.4, -0.2) is 32.0 Å². The predicted octanol–water partition coefficient (Wildman–Crippen LogP) is 1.37. The van der Waals surface area contributed by atoms with Crippen LogP contribution in [0, 0.1) is 5.92 Å². The van der Waals surface area contributed by atoms with Crippen LogP contribution in [0.1, 0.15) is 29.6 Å². The van der Waals surface area contributed by atoms with E-state index in [1.54, 1.807) is 25.2 Å². The Hall–Kier alpha value is -1.88. The molecular formula is C15H21N3O2. The number of benzene rings is 1. The summed E-state index contributed by atoms with van der Waals surface area (Å²) in [6, 6.07) is 7.05. The fraction of sp³-hybridized carbons (Fsp3) is 0.467. The average Bonchev–Trinajstić information content (AvgIpc) is 2.48. The lowest BCUT2D eigenvalue weighted by atomic mass is 9.96. The van der Waals surface area contributed by atoms with Crippen LogP contribution in [0.3, 0.4) is 0 Å². The number of para-hydroxylation sites is 1. The number of hydrogen-bond acceptors (Lipinski definition) is 3. The number of carbonyl (C=O) groups excluding carboxylic acids is 2. The van der Waals surface area contributed by atoms with Crippen LogP contribution in [0.2, 0.25) is 0 Å². The molecule has 1 heterocycles. The summed E-state index contributed by atoms with van der Waals surface area (Å²) < 4.78 is 0. The van der Waals surface area contributed by atoms with Crippen LogP contribution in [0.15, 0.2) is 24.3 Å². The molecule has 0 radical (unpaired) electrons. The zero-order valence-electron chi connectivity index (χ0n) is 11.7. The maximum atomic E-state index is 12.1.